The summed E-state index contributed by atoms with van der Waals surface area (Å²) in [6.07, 6.45) is 4.65. The summed E-state index contributed by atoms with van der Waals surface area (Å²) in [5.74, 6) is 0.662. The second kappa shape index (κ2) is 5.22. The lowest BCUT2D eigenvalue weighted by atomic mass is 10.1. The SMILES string of the molecule is CC(=O)N1c2ccccc2C[C@H]1C(=O)Nc1ncc(C2CC2)[nH]1. The van der Waals surface area contributed by atoms with Crippen molar-refractivity contribution < 1.29 is 9.59 Å². The maximum atomic E-state index is 12.6. The van der Waals surface area contributed by atoms with Gasteiger partial charge in [0.25, 0.3) is 0 Å². The van der Waals surface area contributed by atoms with Gasteiger partial charge in [-0.2, -0.15) is 0 Å². The third kappa shape index (κ3) is 2.50. The van der Waals surface area contributed by atoms with E-state index in [1.807, 2.05) is 24.3 Å². The highest BCUT2D eigenvalue weighted by molar-refractivity contribution is 6.06. The molecule has 6 heteroatoms. The zero-order valence-electron chi connectivity index (χ0n) is 12.9. The number of nitrogens with zero attached hydrogens (tertiary/aromatic N) is 2. The van der Waals surface area contributed by atoms with Gasteiger partial charge in [-0.25, -0.2) is 4.98 Å². The van der Waals surface area contributed by atoms with Crippen molar-refractivity contribution in [3.63, 3.8) is 0 Å². The molecule has 2 aromatic rings. The lowest BCUT2D eigenvalue weighted by Gasteiger charge is -2.22. The number of aromatic amines is 1. The second-order valence-electron chi connectivity index (χ2n) is 6.19. The van der Waals surface area contributed by atoms with Crippen molar-refractivity contribution in [2.45, 2.75) is 38.1 Å². The maximum Gasteiger partial charge on any atom is 0.250 e. The smallest absolute Gasteiger partial charge is 0.250 e. The van der Waals surface area contributed by atoms with Crippen LogP contribution >= 0.6 is 0 Å². The number of fused-ring (bicyclic) bond motifs is 1. The van der Waals surface area contributed by atoms with Crippen LogP contribution in [0.15, 0.2) is 30.5 Å². The van der Waals surface area contributed by atoms with Crippen LogP contribution in [0.25, 0.3) is 0 Å². The fourth-order valence-electron chi connectivity index (χ4n) is 3.19. The van der Waals surface area contributed by atoms with E-state index in [2.05, 4.69) is 15.3 Å². The van der Waals surface area contributed by atoms with Gasteiger partial charge in [-0.05, 0) is 24.5 Å². The minimum Gasteiger partial charge on any atom is -0.328 e. The van der Waals surface area contributed by atoms with Crippen molar-refractivity contribution in [2.24, 2.45) is 0 Å². The number of carbonyl (C=O) groups is 2. The van der Waals surface area contributed by atoms with E-state index >= 15 is 0 Å². The highest BCUT2D eigenvalue weighted by Crippen LogP contribution is 2.39. The Hall–Kier alpha value is -2.63. The fraction of sp³-hybridized carbons (Fsp3) is 0.353. The average molecular weight is 310 g/mol. The van der Waals surface area contributed by atoms with Gasteiger partial charge in [0, 0.05) is 30.6 Å². The molecule has 1 atom stereocenters. The van der Waals surface area contributed by atoms with Crippen LogP contribution in [0.1, 0.15) is 36.9 Å². The number of amides is 2. The minimum absolute atomic E-state index is 0.131. The summed E-state index contributed by atoms with van der Waals surface area (Å²) < 4.78 is 0. The molecule has 118 valence electrons. The summed E-state index contributed by atoms with van der Waals surface area (Å²) in [4.78, 5) is 33.6. The molecule has 0 unspecified atom stereocenters. The Labute approximate surface area is 133 Å². The molecule has 0 spiro atoms. The molecular weight excluding hydrogens is 292 g/mol. The number of hydrogen-bond donors (Lipinski definition) is 2. The van der Waals surface area contributed by atoms with Crippen LogP contribution in [0.3, 0.4) is 0 Å². The lowest BCUT2D eigenvalue weighted by molar-refractivity contribution is -0.122. The topological polar surface area (TPSA) is 78.1 Å². The number of para-hydroxylation sites is 1. The first kappa shape index (κ1) is 14.0. The van der Waals surface area contributed by atoms with Gasteiger partial charge >= 0.3 is 0 Å². The van der Waals surface area contributed by atoms with E-state index in [1.165, 1.54) is 19.8 Å². The quantitative estimate of drug-likeness (QED) is 0.912. The Bertz CT molecular complexity index is 778. The van der Waals surface area contributed by atoms with E-state index in [1.54, 1.807) is 11.1 Å². The third-order valence-corrected chi connectivity index (χ3v) is 4.47. The Morgan fingerprint density at radius 3 is 2.83 bits per heavy atom. The van der Waals surface area contributed by atoms with Crippen LogP contribution in [-0.4, -0.2) is 27.8 Å². The number of rotatable bonds is 3. The molecule has 2 amide bonds. The number of imidazole rings is 1. The first-order valence-electron chi connectivity index (χ1n) is 7.87. The van der Waals surface area contributed by atoms with E-state index in [0.717, 1.165) is 16.9 Å². The van der Waals surface area contributed by atoms with Crippen LogP contribution < -0.4 is 10.2 Å². The highest BCUT2D eigenvalue weighted by Gasteiger charge is 2.37. The van der Waals surface area contributed by atoms with Crippen molar-refractivity contribution >= 4 is 23.5 Å². The van der Waals surface area contributed by atoms with Gasteiger partial charge in [0.15, 0.2) is 0 Å². The van der Waals surface area contributed by atoms with Crippen molar-refractivity contribution in [2.75, 3.05) is 10.2 Å². The second-order valence-corrected chi connectivity index (χ2v) is 6.19. The molecule has 1 aromatic heterocycles. The fourth-order valence-corrected chi connectivity index (χ4v) is 3.19. The van der Waals surface area contributed by atoms with Crippen LogP contribution in [0.2, 0.25) is 0 Å². The van der Waals surface area contributed by atoms with Gasteiger partial charge in [-0.3, -0.25) is 19.8 Å². The van der Waals surface area contributed by atoms with Crippen molar-refractivity contribution in [3.05, 3.63) is 41.7 Å². The average Bonchev–Trinajstić information content (AvgIpc) is 3.14. The normalized spacial score (nSPS) is 19.5. The molecule has 0 saturated heterocycles. The Morgan fingerprint density at radius 1 is 1.30 bits per heavy atom. The minimum atomic E-state index is -0.528. The van der Waals surface area contributed by atoms with Gasteiger partial charge in [0.1, 0.15) is 6.04 Å². The molecule has 1 aliphatic heterocycles. The Balaban J connectivity index is 1.54. The summed E-state index contributed by atoms with van der Waals surface area (Å²) in [5, 5.41) is 2.81. The summed E-state index contributed by atoms with van der Waals surface area (Å²) >= 11 is 0. The molecule has 0 radical (unpaired) electrons. The van der Waals surface area contributed by atoms with E-state index in [9.17, 15) is 9.59 Å². The highest BCUT2D eigenvalue weighted by atomic mass is 16.2. The molecule has 23 heavy (non-hydrogen) atoms. The molecule has 6 nitrogen and oxygen atoms in total. The lowest BCUT2D eigenvalue weighted by Crippen LogP contribution is -2.44. The summed E-state index contributed by atoms with van der Waals surface area (Å²) in [6.45, 7) is 1.49. The first-order chi connectivity index (χ1) is 11.1. The molecule has 1 aromatic carbocycles. The number of anilines is 2. The molecule has 2 heterocycles. The van der Waals surface area contributed by atoms with E-state index in [-0.39, 0.29) is 11.8 Å². The van der Waals surface area contributed by atoms with E-state index < -0.39 is 6.04 Å². The predicted octanol–water partition coefficient (Wildman–Crippen LogP) is 2.20. The monoisotopic (exact) mass is 310 g/mol. The molecule has 2 N–H and O–H groups in total. The van der Waals surface area contributed by atoms with Gasteiger partial charge < -0.3 is 4.98 Å². The van der Waals surface area contributed by atoms with Crippen LogP contribution in [-0.2, 0) is 16.0 Å². The predicted molar refractivity (Wildman–Crippen MR) is 86.3 cm³/mol. The van der Waals surface area contributed by atoms with Gasteiger partial charge in [0.2, 0.25) is 17.8 Å². The zero-order chi connectivity index (χ0) is 16.0. The van der Waals surface area contributed by atoms with Crippen LogP contribution in [0.5, 0.6) is 0 Å². The number of H-pyrrole nitrogens is 1. The maximum absolute atomic E-state index is 12.6. The van der Waals surface area contributed by atoms with Crippen LogP contribution in [0, 0.1) is 0 Å². The van der Waals surface area contributed by atoms with Gasteiger partial charge in [-0.1, -0.05) is 18.2 Å². The van der Waals surface area contributed by atoms with E-state index in [0.29, 0.717) is 18.3 Å². The first-order valence-corrected chi connectivity index (χ1v) is 7.87. The number of nitrogens with one attached hydrogen (secondary N) is 2. The molecular formula is C17H18N4O2. The van der Waals surface area contributed by atoms with Crippen molar-refractivity contribution in [3.8, 4) is 0 Å². The summed E-state index contributed by atoms with van der Waals surface area (Å²) in [6, 6.07) is 7.10. The molecule has 0 bridgehead atoms. The molecule has 4 rings (SSSR count). The number of benzene rings is 1. The van der Waals surface area contributed by atoms with Gasteiger partial charge in [0.05, 0.1) is 6.20 Å². The van der Waals surface area contributed by atoms with Crippen LogP contribution in [0.4, 0.5) is 11.6 Å². The molecule has 1 fully saturated rings. The molecule has 1 saturated carbocycles. The van der Waals surface area contributed by atoms with Crippen molar-refractivity contribution in [1.82, 2.24) is 9.97 Å². The molecule has 2 aliphatic rings. The number of carbonyl (C=O) groups excluding carboxylic acids is 2. The standard InChI is InChI=1S/C17H18N4O2/c1-10(22)21-14-5-3-2-4-12(14)8-15(21)16(23)20-17-18-9-13(19-17)11-6-7-11/h2-5,9,11,15H,6-8H2,1H3,(H2,18,19,20,23)/t15-/m0/s1. The third-order valence-electron chi connectivity index (χ3n) is 4.47. The van der Waals surface area contributed by atoms with Crippen molar-refractivity contribution in [1.29, 1.82) is 0 Å². The van der Waals surface area contributed by atoms with E-state index in [4.69, 9.17) is 0 Å². The summed E-state index contributed by atoms with van der Waals surface area (Å²) in [7, 11) is 0. The van der Waals surface area contributed by atoms with Gasteiger partial charge in [-0.15, -0.1) is 0 Å². The summed E-state index contributed by atoms with van der Waals surface area (Å²) in [5.41, 5.74) is 2.90. The number of aromatic nitrogens is 2. The Morgan fingerprint density at radius 2 is 2.09 bits per heavy atom. The zero-order valence-corrected chi connectivity index (χ0v) is 12.9. The number of hydrogen-bond acceptors (Lipinski definition) is 3. The Kier molecular flexibility index (Phi) is 3.18. The molecule has 1 aliphatic carbocycles. The largest absolute Gasteiger partial charge is 0.328 e.